The number of carbonyl (C=O) groups is 1. The molecular formula is C9H6N2O2S2. The third kappa shape index (κ3) is 2.00. The van der Waals surface area contributed by atoms with Gasteiger partial charge in [-0.3, -0.25) is 0 Å². The molecule has 0 spiro atoms. The van der Waals surface area contributed by atoms with E-state index in [9.17, 15) is 4.79 Å². The molecule has 0 aliphatic rings. The molecule has 0 amide bonds. The van der Waals surface area contributed by atoms with Crippen molar-refractivity contribution in [3.05, 3.63) is 29.8 Å². The van der Waals surface area contributed by atoms with E-state index in [1.807, 2.05) is 0 Å². The van der Waals surface area contributed by atoms with Gasteiger partial charge in [-0.25, -0.2) is 4.79 Å². The lowest BCUT2D eigenvalue weighted by Gasteiger charge is -2.00. The third-order valence-corrected chi connectivity index (χ3v) is 2.92. The van der Waals surface area contributed by atoms with Crippen molar-refractivity contribution in [3.63, 3.8) is 0 Å². The second-order valence-corrected chi connectivity index (χ2v) is 4.44. The van der Waals surface area contributed by atoms with E-state index in [0.29, 0.717) is 14.9 Å². The van der Waals surface area contributed by atoms with Gasteiger partial charge in [0.15, 0.2) is 4.34 Å². The number of aromatic carboxylic acids is 1. The Bertz CT molecular complexity index is 510. The molecule has 0 aliphatic carbocycles. The van der Waals surface area contributed by atoms with Crippen molar-refractivity contribution in [2.75, 3.05) is 0 Å². The first-order valence-corrected chi connectivity index (χ1v) is 5.30. The van der Waals surface area contributed by atoms with Gasteiger partial charge in [0.25, 0.3) is 0 Å². The Morgan fingerprint density at radius 3 is 2.67 bits per heavy atom. The first kappa shape index (κ1) is 10.1. The van der Waals surface area contributed by atoms with Crippen LogP contribution in [0.25, 0.3) is 10.6 Å². The first-order chi connectivity index (χ1) is 7.18. The number of aromatic nitrogens is 2. The molecule has 0 bridgehead atoms. The Hall–Kier alpha value is -1.40. The zero-order valence-electron chi connectivity index (χ0n) is 7.41. The minimum absolute atomic E-state index is 0.224. The van der Waals surface area contributed by atoms with Crippen LogP contribution in [0.2, 0.25) is 0 Å². The lowest BCUT2D eigenvalue weighted by molar-refractivity contribution is 0.0697. The van der Waals surface area contributed by atoms with Crippen LogP contribution < -0.4 is 0 Å². The van der Waals surface area contributed by atoms with Crippen LogP contribution in [0.5, 0.6) is 0 Å². The predicted molar refractivity (Wildman–Crippen MR) is 59.6 cm³/mol. The van der Waals surface area contributed by atoms with Crippen molar-refractivity contribution in [1.82, 2.24) is 10.2 Å². The second kappa shape index (κ2) is 4.00. The summed E-state index contributed by atoms with van der Waals surface area (Å²) in [6.07, 6.45) is 0. The van der Waals surface area contributed by atoms with Gasteiger partial charge in [0.05, 0.1) is 5.56 Å². The molecule has 15 heavy (non-hydrogen) atoms. The van der Waals surface area contributed by atoms with Crippen molar-refractivity contribution in [1.29, 1.82) is 0 Å². The summed E-state index contributed by atoms with van der Waals surface area (Å²) < 4.78 is 0.519. The molecule has 2 aromatic rings. The number of rotatable bonds is 2. The van der Waals surface area contributed by atoms with E-state index < -0.39 is 5.97 Å². The summed E-state index contributed by atoms with van der Waals surface area (Å²) >= 11 is 5.29. The maximum atomic E-state index is 10.9. The fourth-order valence-electron chi connectivity index (χ4n) is 1.18. The van der Waals surface area contributed by atoms with Gasteiger partial charge in [0.1, 0.15) is 5.01 Å². The summed E-state index contributed by atoms with van der Waals surface area (Å²) in [6.45, 7) is 0. The Balaban J connectivity index is 2.57. The van der Waals surface area contributed by atoms with Crippen LogP contribution >= 0.6 is 24.0 Å². The average molecular weight is 238 g/mol. The number of thiol groups is 1. The van der Waals surface area contributed by atoms with Crippen LogP contribution in [0, 0.1) is 0 Å². The van der Waals surface area contributed by atoms with Gasteiger partial charge in [0, 0.05) is 5.56 Å². The quantitative estimate of drug-likeness (QED) is 0.787. The molecule has 0 saturated heterocycles. The molecule has 0 saturated carbocycles. The molecule has 0 fully saturated rings. The molecule has 0 radical (unpaired) electrons. The van der Waals surface area contributed by atoms with E-state index in [1.165, 1.54) is 17.4 Å². The molecule has 2 rings (SSSR count). The molecule has 76 valence electrons. The number of carboxylic acid groups (broad SMARTS) is 1. The molecule has 0 atom stereocenters. The average Bonchev–Trinajstić information content (AvgIpc) is 2.65. The van der Waals surface area contributed by atoms with E-state index in [-0.39, 0.29) is 5.56 Å². The largest absolute Gasteiger partial charge is 0.478 e. The summed E-state index contributed by atoms with van der Waals surface area (Å²) in [5, 5.41) is 17.1. The van der Waals surface area contributed by atoms with Gasteiger partial charge in [0.2, 0.25) is 0 Å². The highest BCUT2D eigenvalue weighted by atomic mass is 32.2. The maximum absolute atomic E-state index is 10.9. The number of benzene rings is 1. The summed E-state index contributed by atoms with van der Waals surface area (Å²) in [4.78, 5) is 10.9. The number of hydrogen-bond donors (Lipinski definition) is 2. The van der Waals surface area contributed by atoms with E-state index in [2.05, 4.69) is 22.8 Å². The Kier molecular flexibility index (Phi) is 2.70. The molecule has 0 aliphatic heterocycles. The molecule has 1 aromatic carbocycles. The van der Waals surface area contributed by atoms with Crippen LogP contribution in [0.15, 0.2) is 28.6 Å². The van der Waals surface area contributed by atoms with Crippen LogP contribution in [0.4, 0.5) is 0 Å². The second-order valence-electron chi connectivity index (χ2n) is 2.74. The smallest absolute Gasteiger partial charge is 0.336 e. The molecular weight excluding hydrogens is 232 g/mol. The lowest BCUT2D eigenvalue weighted by atomic mass is 10.1. The lowest BCUT2D eigenvalue weighted by Crippen LogP contribution is -1.98. The Morgan fingerprint density at radius 1 is 1.33 bits per heavy atom. The van der Waals surface area contributed by atoms with Gasteiger partial charge < -0.3 is 5.11 Å². The minimum Gasteiger partial charge on any atom is -0.478 e. The monoisotopic (exact) mass is 238 g/mol. The number of nitrogens with zero attached hydrogens (tertiary/aromatic N) is 2. The van der Waals surface area contributed by atoms with Crippen LogP contribution in [0.1, 0.15) is 10.4 Å². The van der Waals surface area contributed by atoms with E-state index in [1.54, 1.807) is 18.2 Å². The third-order valence-electron chi connectivity index (χ3n) is 1.80. The number of hydrogen-bond acceptors (Lipinski definition) is 5. The summed E-state index contributed by atoms with van der Waals surface area (Å²) in [5.74, 6) is -0.971. The summed E-state index contributed by atoms with van der Waals surface area (Å²) in [6, 6.07) is 6.69. The Labute approximate surface area is 95.0 Å². The minimum atomic E-state index is -0.971. The van der Waals surface area contributed by atoms with Gasteiger partial charge >= 0.3 is 5.97 Å². The zero-order chi connectivity index (χ0) is 10.8. The predicted octanol–water partition coefficient (Wildman–Crippen LogP) is 2.19. The molecule has 1 aromatic heterocycles. The molecule has 1 N–H and O–H groups in total. The van der Waals surface area contributed by atoms with Gasteiger partial charge in [-0.2, -0.15) is 0 Å². The van der Waals surface area contributed by atoms with Crippen molar-refractivity contribution in [3.8, 4) is 10.6 Å². The first-order valence-electron chi connectivity index (χ1n) is 4.03. The van der Waals surface area contributed by atoms with Crippen molar-refractivity contribution < 1.29 is 9.90 Å². The molecule has 6 heteroatoms. The van der Waals surface area contributed by atoms with Crippen LogP contribution in [-0.2, 0) is 0 Å². The fraction of sp³-hybridized carbons (Fsp3) is 0. The van der Waals surface area contributed by atoms with Crippen molar-refractivity contribution in [2.45, 2.75) is 4.34 Å². The highest BCUT2D eigenvalue weighted by molar-refractivity contribution is 7.82. The van der Waals surface area contributed by atoms with Gasteiger partial charge in [-0.1, -0.05) is 29.5 Å². The highest BCUT2D eigenvalue weighted by Gasteiger charge is 2.13. The van der Waals surface area contributed by atoms with Crippen molar-refractivity contribution >= 4 is 29.9 Å². The maximum Gasteiger partial charge on any atom is 0.336 e. The van der Waals surface area contributed by atoms with Gasteiger partial charge in [-0.05, 0) is 6.07 Å². The molecule has 4 nitrogen and oxygen atoms in total. The SMILES string of the molecule is O=C(O)c1ccccc1-c1nnc(S)s1. The molecule has 0 unspecified atom stereocenters. The normalized spacial score (nSPS) is 10.2. The Morgan fingerprint density at radius 2 is 2.07 bits per heavy atom. The number of carboxylic acids is 1. The van der Waals surface area contributed by atoms with E-state index in [4.69, 9.17) is 5.11 Å². The molecule has 1 heterocycles. The van der Waals surface area contributed by atoms with Crippen molar-refractivity contribution in [2.24, 2.45) is 0 Å². The van der Waals surface area contributed by atoms with Crippen LogP contribution in [0.3, 0.4) is 0 Å². The van der Waals surface area contributed by atoms with E-state index >= 15 is 0 Å². The topological polar surface area (TPSA) is 63.1 Å². The summed E-state index contributed by atoms with van der Waals surface area (Å²) in [7, 11) is 0. The van der Waals surface area contributed by atoms with Gasteiger partial charge in [-0.15, -0.1) is 22.8 Å². The highest BCUT2D eigenvalue weighted by Crippen LogP contribution is 2.27. The fourth-order valence-corrected chi connectivity index (χ4v) is 2.11. The standard InChI is InChI=1S/C9H6N2O2S2/c12-8(13)6-4-2-1-3-5(6)7-10-11-9(14)15-7/h1-4H,(H,11,14)(H,12,13). The zero-order valence-corrected chi connectivity index (χ0v) is 9.13. The summed E-state index contributed by atoms with van der Waals surface area (Å²) in [5.41, 5.74) is 0.796. The van der Waals surface area contributed by atoms with E-state index in [0.717, 1.165) is 0 Å². The van der Waals surface area contributed by atoms with Crippen LogP contribution in [-0.4, -0.2) is 21.3 Å².